The van der Waals surface area contributed by atoms with Gasteiger partial charge in [-0.3, -0.25) is 0 Å². The maximum absolute atomic E-state index is 13.6. The summed E-state index contributed by atoms with van der Waals surface area (Å²) in [5.74, 6) is 0.319. The van der Waals surface area contributed by atoms with Crippen molar-refractivity contribution < 1.29 is 4.39 Å². The smallest absolute Gasteiger partial charge is 0.126 e. The van der Waals surface area contributed by atoms with Crippen LogP contribution in [0.4, 0.5) is 4.39 Å². The Morgan fingerprint density at radius 3 is 2.33 bits per heavy atom. The lowest BCUT2D eigenvalue weighted by Gasteiger charge is -2.24. The van der Waals surface area contributed by atoms with E-state index in [4.69, 9.17) is 11.6 Å². The quantitative estimate of drug-likeness (QED) is 0.662. The molecular weight excluding hydrogens is 211 g/mol. The van der Waals surface area contributed by atoms with Gasteiger partial charge in [0.25, 0.3) is 0 Å². The number of hydrogen-bond acceptors (Lipinski definition) is 0. The Bertz CT molecular complexity index is 309. The third-order valence-corrected chi connectivity index (χ3v) is 3.57. The van der Waals surface area contributed by atoms with Crippen LogP contribution >= 0.6 is 11.6 Å². The van der Waals surface area contributed by atoms with E-state index in [-0.39, 0.29) is 17.1 Å². The summed E-state index contributed by atoms with van der Waals surface area (Å²) in [4.78, 5) is 0. The van der Waals surface area contributed by atoms with E-state index in [9.17, 15) is 4.39 Å². The molecule has 0 N–H and O–H groups in total. The van der Waals surface area contributed by atoms with E-state index in [1.165, 1.54) is 6.07 Å². The van der Waals surface area contributed by atoms with Crippen LogP contribution in [0.15, 0.2) is 24.3 Å². The van der Waals surface area contributed by atoms with Crippen molar-refractivity contribution in [2.24, 2.45) is 5.92 Å². The molecule has 0 amide bonds. The minimum atomic E-state index is -0.143. The van der Waals surface area contributed by atoms with Crippen molar-refractivity contribution in [2.45, 2.75) is 38.5 Å². The van der Waals surface area contributed by atoms with Crippen molar-refractivity contribution in [1.82, 2.24) is 0 Å². The molecule has 0 bridgehead atoms. The van der Waals surface area contributed by atoms with Gasteiger partial charge >= 0.3 is 0 Å². The average molecular weight is 229 g/mol. The second-order valence-electron chi connectivity index (χ2n) is 4.22. The first kappa shape index (κ1) is 12.5. The van der Waals surface area contributed by atoms with Gasteiger partial charge in [-0.15, -0.1) is 11.6 Å². The third-order valence-electron chi connectivity index (χ3n) is 2.77. The van der Waals surface area contributed by atoms with Crippen molar-refractivity contribution in [2.75, 3.05) is 0 Å². The van der Waals surface area contributed by atoms with Crippen molar-refractivity contribution in [1.29, 1.82) is 0 Å². The van der Waals surface area contributed by atoms with E-state index in [2.05, 4.69) is 20.8 Å². The van der Waals surface area contributed by atoms with Gasteiger partial charge < -0.3 is 0 Å². The minimum absolute atomic E-state index is 0.00750. The van der Waals surface area contributed by atoms with Gasteiger partial charge in [0.05, 0.1) is 0 Å². The molecular formula is C13H18ClF. The first-order valence-corrected chi connectivity index (χ1v) is 5.90. The first-order valence-electron chi connectivity index (χ1n) is 5.46. The predicted molar refractivity (Wildman–Crippen MR) is 63.9 cm³/mol. The zero-order chi connectivity index (χ0) is 11.4. The van der Waals surface area contributed by atoms with Crippen LogP contribution in [0.2, 0.25) is 0 Å². The Morgan fingerprint density at radius 2 is 1.87 bits per heavy atom. The standard InChI is InChI=1S/C13H18ClF/c1-4-10(13(14)9(2)3)11-7-5-6-8-12(11)15/h5-10,13H,4H2,1-3H3. The van der Waals surface area contributed by atoms with E-state index in [1.54, 1.807) is 6.07 Å². The summed E-state index contributed by atoms with van der Waals surface area (Å²) in [7, 11) is 0. The summed E-state index contributed by atoms with van der Waals surface area (Å²) < 4.78 is 13.6. The van der Waals surface area contributed by atoms with Crippen LogP contribution in [-0.2, 0) is 0 Å². The van der Waals surface area contributed by atoms with Crippen LogP contribution in [-0.4, -0.2) is 5.38 Å². The average Bonchev–Trinajstić information content (AvgIpc) is 2.21. The first-order chi connectivity index (χ1) is 7.07. The second kappa shape index (κ2) is 5.50. The zero-order valence-electron chi connectivity index (χ0n) is 9.50. The van der Waals surface area contributed by atoms with Crippen LogP contribution in [0, 0.1) is 11.7 Å². The second-order valence-corrected chi connectivity index (χ2v) is 4.73. The summed E-state index contributed by atoms with van der Waals surface area (Å²) in [6.07, 6.45) is 0.868. The maximum atomic E-state index is 13.6. The molecule has 0 aliphatic carbocycles. The predicted octanol–water partition coefficient (Wildman–Crippen LogP) is 4.58. The van der Waals surface area contributed by atoms with E-state index < -0.39 is 0 Å². The van der Waals surface area contributed by atoms with Crippen molar-refractivity contribution >= 4 is 11.6 Å². The van der Waals surface area contributed by atoms with Crippen molar-refractivity contribution in [3.05, 3.63) is 35.6 Å². The number of benzene rings is 1. The molecule has 0 saturated heterocycles. The molecule has 0 saturated carbocycles. The summed E-state index contributed by atoms with van der Waals surface area (Å²) in [5.41, 5.74) is 0.744. The molecule has 0 aliphatic heterocycles. The lowest BCUT2D eigenvalue weighted by atomic mass is 9.87. The number of hydrogen-bond donors (Lipinski definition) is 0. The Labute approximate surface area is 96.5 Å². The molecule has 1 rings (SSSR count). The van der Waals surface area contributed by atoms with Crippen molar-refractivity contribution in [3.63, 3.8) is 0 Å². The van der Waals surface area contributed by atoms with Gasteiger partial charge in [-0.25, -0.2) is 4.39 Å². The molecule has 2 unspecified atom stereocenters. The number of alkyl halides is 1. The Kier molecular flexibility index (Phi) is 4.59. The fourth-order valence-electron chi connectivity index (χ4n) is 1.86. The highest BCUT2D eigenvalue weighted by atomic mass is 35.5. The largest absolute Gasteiger partial charge is 0.207 e. The fourth-order valence-corrected chi connectivity index (χ4v) is 2.17. The molecule has 1 aromatic rings. The van der Waals surface area contributed by atoms with Crippen LogP contribution in [0.25, 0.3) is 0 Å². The molecule has 2 atom stereocenters. The van der Waals surface area contributed by atoms with Crippen LogP contribution < -0.4 is 0 Å². The van der Waals surface area contributed by atoms with E-state index >= 15 is 0 Å². The van der Waals surface area contributed by atoms with Gasteiger partial charge in [0.2, 0.25) is 0 Å². The monoisotopic (exact) mass is 228 g/mol. The summed E-state index contributed by atoms with van der Waals surface area (Å²) in [6.45, 7) is 6.19. The molecule has 0 fully saturated rings. The summed E-state index contributed by atoms with van der Waals surface area (Å²) >= 11 is 6.32. The molecule has 0 nitrogen and oxygen atoms in total. The molecule has 1 aromatic carbocycles. The van der Waals surface area contributed by atoms with Crippen LogP contribution in [0.1, 0.15) is 38.7 Å². The highest BCUT2D eigenvalue weighted by Crippen LogP contribution is 2.32. The molecule has 0 spiro atoms. The van der Waals surface area contributed by atoms with Gasteiger partial charge in [-0.1, -0.05) is 39.0 Å². The van der Waals surface area contributed by atoms with E-state index in [0.29, 0.717) is 5.92 Å². The molecule has 0 heterocycles. The van der Waals surface area contributed by atoms with Crippen LogP contribution in [0.5, 0.6) is 0 Å². The highest BCUT2D eigenvalue weighted by molar-refractivity contribution is 6.21. The lowest BCUT2D eigenvalue weighted by molar-refractivity contribution is 0.478. The highest BCUT2D eigenvalue weighted by Gasteiger charge is 2.24. The lowest BCUT2D eigenvalue weighted by Crippen LogP contribution is -2.19. The normalized spacial score (nSPS) is 15.3. The zero-order valence-corrected chi connectivity index (χ0v) is 10.3. The Morgan fingerprint density at radius 1 is 1.27 bits per heavy atom. The van der Waals surface area contributed by atoms with Crippen LogP contribution in [0.3, 0.4) is 0 Å². The Hall–Kier alpha value is -0.560. The maximum Gasteiger partial charge on any atom is 0.126 e. The summed E-state index contributed by atoms with van der Waals surface area (Å²) in [5, 5.41) is -0.00750. The van der Waals surface area contributed by atoms with Gasteiger partial charge in [0.1, 0.15) is 5.82 Å². The Balaban J connectivity index is 2.97. The van der Waals surface area contributed by atoms with Crippen molar-refractivity contribution in [3.8, 4) is 0 Å². The number of halogens is 2. The molecule has 15 heavy (non-hydrogen) atoms. The molecule has 0 aromatic heterocycles. The fraction of sp³-hybridized carbons (Fsp3) is 0.538. The number of rotatable bonds is 4. The van der Waals surface area contributed by atoms with Gasteiger partial charge in [-0.2, -0.15) is 0 Å². The van der Waals surface area contributed by atoms with E-state index in [1.807, 2.05) is 12.1 Å². The van der Waals surface area contributed by atoms with Gasteiger partial charge in [-0.05, 0) is 24.0 Å². The molecule has 0 radical (unpaired) electrons. The SMILES string of the molecule is CCC(c1ccccc1F)C(Cl)C(C)C. The summed E-state index contributed by atoms with van der Waals surface area (Å²) in [6, 6.07) is 6.92. The molecule has 0 aliphatic rings. The third kappa shape index (κ3) is 2.94. The minimum Gasteiger partial charge on any atom is -0.207 e. The topological polar surface area (TPSA) is 0 Å². The van der Waals surface area contributed by atoms with Gasteiger partial charge in [0.15, 0.2) is 0 Å². The molecule has 84 valence electrons. The van der Waals surface area contributed by atoms with E-state index in [0.717, 1.165) is 12.0 Å². The van der Waals surface area contributed by atoms with Gasteiger partial charge in [0, 0.05) is 11.3 Å². The molecule has 2 heteroatoms.